The third kappa shape index (κ3) is 3.06. The van der Waals surface area contributed by atoms with Crippen molar-refractivity contribution in [3.05, 3.63) is 53.1 Å². The third-order valence-corrected chi connectivity index (χ3v) is 4.54. The summed E-state index contributed by atoms with van der Waals surface area (Å²) in [6.07, 6.45) is 2.44. The molecule has 2 aliphatic heterocycles. The van der Waals surface area contributed by atoms with Gasteiger partial charge in [0.05, 0.1) is 13.7 Å². The number of aromatic hydroxyl groups is 1. The van der Waals surface area contributed by atoms with Crippen molar-refractivity contribution in [1.29, 1.82) is 0 Å². The van der Waals surface area contributed by atoms with E-state index in [-0.39, 0.29) is 24.4 Å². The van der Waals surface area contributed by atoms with Gasteiger partial charge >= 0.3 is 5.97 Å². The van der Waals surface area contributed by atoms with Crippen molar-refractivity contribution in [3.8, 4) is 23.0 Å². The molecule has 0 aliphatic carbocycles. The van der Waals surface area contributed by atoms with E-state index >= 15 is 0 Å². The Morgan fingerprint density at radius 3 is 2.85 bits per heavy atom. The Kier molecular flexibility index (Phi) is 4.16. The fourth-order valence-corrected chi connectivity index (χ4v) is 3.18. The molecular weight excluding hydrogens is 336 g/mol. The molecular formula is C20H18O6. The Bertz CT molecular complexity index is 886. The predicted octanol–water partition coefficient (Wildman–Crippen LogP) is 2.93. The van der Waals surface area contributed by atoms with Crippen LogP contribution in [0.3, 0.4) is 0 Å². The second kappa shape index (κ2) is 6.63. The number of phenols is 1. The summed E-state index contributed by atoms with van der Waals surface area (Å²) in [5.74, 6) is 1.50. The van der Waals surface area contributed by atoms with Crippen LogP contribution >= 0.6 is 0 Å². The Morgan fingerprint density at radius 1 is 1.15 bits per heavy atom. The predicted molar refractivity (Wildman–Crippen MR) is 93.4 cm³/mol. The SMILES string of the molecule is COc1cc(/C=C2/C(=O)OC[C@@H]2Cc2ccc3c(c2)OCO3)ccc1O. The van der Waals surface area contributed by atoms with Crippen molar-refractivity contribution in [2.24, 2.45) is 5.92 Å². The molecule has 0 unspecified atom stereocenters. The van der Waals surface area contributed by atoms with E-state index in [9.17, 15) is 9.90 Å². The van der Waals surface area contributed by atoms with Gasteiger partial charge in [-0.15, -0.1) is 0 Å². The molecule has 2 aliphatic rings. The molecule has 0 saturated carbocycles. The first kappa shape index (κ1) is 16.3. The number of hydrogen-bond acceptors (Lipinski definition) is 6. The molecule has 2 aromatic carbocycles. The highest BCUT2D eigenvalue weighted by Crippen LogP contribution is 2.35. The number of methoxy groups -OCH3 is 1. The molecule has 0 bridgehead atoms. The smallest absolute Gasteiger partial charge is 0.334 e. The number of ether oxygens (including phenoxy) is 4. The largest absolute Gasteiger partial charge is 0.504 e. The molecule has 2 heterocycles. The normalized spacial score (nSPS) is 19.7. The second-order valence-corrected chi connectivity index (χ2v) is 6.22. The fourth-order valence-electron chi connectivity index (χ4n) is 3.18. The van der Waals surface area contributed by atoms with Crippen LogP contribution in [-0.2, 0) is 16.0 Å². The lowest BCUT2D eigenvalue weighted by Crippen LogP contribution is -2.07. The van der Waals surface area contributed by atoms with Gasteiger partial charge in [-0.05, 0) is 47.9 Å². The van der Waals surface area contributed by atoms with Crippen LogP contribution in [0.15, 0.2) is 42.0 Å². The summed E-state index contributed by atoms with van der Waals surface area (Å²) < 4.78 is 21.1. The number of hydrogen-bond donors (Lipinski definition) is 1. The molecule has 1 fully saturated rings. The molecule has 2 aromatic rings. The van der Waals surface area contributed by atoms with Gasteiger partial charge in [-0.1, -0.05) is 12.1 Å². The molecule has 4 rings (SSSR count). The van der Waals surface area contributed by atoms with Crippen LogP contribution in [0.5, 0.6) is 23.0 Å². The molecule has 1 N–H and O–H groups in total. The summed E-state index contributed by atoms with van der Waals surface area (Å²) in [5.41, 5.74) is 2.42. The Balaban J connectivity index is 1.59. The van der Waals surface area contributed by atoms with Crippen LogP contribution in [-0.4, -0.2) is 31.6 Å². The van der Waals surface area contributed by atoms with E-state index in [0.29, 0.717) is 24.4 Å². The van der Waals surface area contributed by atoms with Crippen molar-refractivity contribution in [3.63, 3.8) is 0 Å². The van der Waals surface area contributed by atoms with E-state index in [2.05, 4.69) is 0 Å². The number of carbonyl (C=O) groups is 1. The standard InChI is InChI=1S/C20H18O6/c1-23-18-8-13(2-4-16(18)21)7-15-14(10-24-20(15)22)6-12-3-5-17-19(9-12)26-11-25-17/h2-5,7-9,14,21H,6,10-11H2,1H3/b15-7+/t14-/m0/s1. The summed E-state index contributed by atoms with van der Waals surface area (Å²) in [5, 5.41) is 9.71. The van der Waals surface area contributed by atoms with Gasteiger partial charge in [0.15, 0.2) is 23.0 Å². The van der Waals surface area contributed by atoms with Gasteiger partial charge < -0.3 is 24.1 Å². The highest BCUT2D eigenvalue weighted by Gasteiger charge is 2.31. The van der Waals surface area contributed by atoms with Crippen LogP contribution in [0.1, 0.15) is 11.1 Å². The first-order valence-corrected chi connectivity index (χ1v) is 8.28. The minimum absolute atomic E-state index is 0.0531. The zero-order chi connectivity index (χ0) is 18.1. The summed E-state index contributed by atoms with van der Waals surface area (Å²) in [4.78, 5) is 12.2. The van der Waals surface area contributed by atoms with Gasteiger partial charge in [-0.3, -0.25) is 0 Å². The molecule has 1 atom stereocenters. The first-order valence-electron chi connectivity index (χ1n) is 8.28. The maximum atomic E-state index is 12.2. The van der Waals surface area contributed by atoms with Crippen molar-refractivity contribution in [2.45, 2.75) is 6.42 Å². The topological polar surface area (TPSA) is 74.2 Å². The van der Waals surface area contributed by atoms with E-state index < -0.39 is 0 Å². The van der Waals surface area contributed by atoms with Gasteiger partial charge in [-0.2, -0.15) is 0 Å². The van der Waals surface area contributed by atoms with E-state index in [1.807, 2.05) is 18.2 Å². The molecule has 0 radical (unpaired) electrons. The lowest BCUT2D eigenvalue weighted by molar-refractivity contribution is -0.135. The number of cyclic esters (lactones) is 1. The molecule has 6 heteroatoms. The highest BCUT2D eigenvalue weighted by molar-refractivity contribution is 5.96. The zero-order valence-corrected chi connectivity index (χ0v) is 14.2. The quantitative estimate of drug-likeness (QED) is 0.672. The first-order chi connectivity index (χ1) is 12.6. The molecule has 0 amide bonds. The fraction of sp³-hybridized carbons (Fsp3) is 0.250. The zero-order valence-electron chi connectivity index (χ0n) is 14.2. The average molecular weight is 354 g/mol. The third-order valence-electron chi connectivity index (χ3n) is 4.54. The summed E-state index contributed by atoms with van der Waals surface area (Å²) in [7, 11) is 1.48. The van der Waals surface area contributed by atoms with Crippen molar-refractivity contribution in [1.82, 2.24) is 0 Å². The highest BCUT2D eigenvalue weighted by atomic mass is 16.7. The van der Waals surface area contributed by atoms with Crippen LogP contribution in [0.4, 0.5) is 0 Å². The Hall–Kier alpha value is -3.15. The number of rotatable bonds is 4. The number of fused-ring (bicyclic) bond motifs is 1. The molecule has 0 aromatic heterocycles. The van der Waals surface area contributed by atoms with Crippen LogP contribution < -0.4 is 14.2 Å². The maximum Gasteiger partial charge on any atom is 0.334 e. The molecule has 134 valence electrons. The van der Waals surface area contributed by atoms with Gasteiger partial charge in [0.2, 0.25) is 6.79 Å². The monoisotopic (exact) mass is 354 g/mol. The van der Waals surface area contributed by atoms with Gasteiger partial charge in [-0.25, -0.2) is 4.79 Å². The molecule has 26 heavy (non-hydrogen) atoms. The number of esters is 1. The molecule has 1 saturated heterocycles. The summed E-state index contributed by atoms with van der Waals surface area (Å²) >= 11 is 0. The Labute approximate surface area is 150 Å². The number of benzene rings is 2. The van der Waals surface area contributed by atoms with Crippen molar-refractivity contribution < 1.29 is 28.8 Å². The van der Waals surface area contributed by atoms with Gasteiger partial charge in [0.1, 0.15) is 0 Å². The van der Waals surface area contributed by atoms with E-state index in [0.717, 1.165) is 22.6 Å². The van der Waals surface area contributed by atoms with E-state index in [1.165, 1.54) is 7.11 Å². The van der Waals surface area contributed by atoms with Crippen molar-refractivity contribution >= 4 is 12.0 Å². The lowest BCUT2D eigenvalue weighted by Gasteiger charge is -2.10. The Morgan fingerprint density at radius 2 is 2.00 bits per heavy atom. The summed E-state index contributed by atoms with van der Waals surface area (Å²) in [6, 6.07) is 10.7. The molecule has 0 spiro atoms. The van der Waals surface area contributed by atoms with E-state index in [4.69, 9.17) is 18.9 Å². The van der Waals surface area contributed by atoms with Crippen LogP contribution in [0.25, 0.3) is 6.08 Å². The number of carbonyl (C=O) groups excluding carboxylic acids is 1. The maximum absolute atomic E-state index is 12.2. The van der Waals surface area contributed by atoms with Crippen molar-refractivity contribution in [2.75, 3.05) is 20.5 Å². The average Bonchev–Trinajstić information content (AvgIpc) is 3.24. The summed E-state index contributed by atoms with van der Waals surface area (Å²) in [6.45, 7) is 0.575. The van der Waals surface area contributed by atoms with Gasteiger partial charge in [0, 0.05) is 11.5 Å². The minimum atomic E-state index is -0.317. The number of phenolic OH excluding ortho intramolecular Hbond substituents is 1. The van der Waals surface area contributed by atoms with Crippen LogP contribution in [0.2, 0.25) is 0 Å². The second-order valence-electron chi connectivity index (χ2n) is 6.22. The molecule has 6 nitrogen and oxygen atoms in total. The minimum Gasteiger partial charge on any atom is -0.504 e. The van der Waals surface area contributed by atoms with Gasteiger partial charge in [0.25, 0.3) is 0 Å². The van der Waals surface area contributed by atoms with E-state index in [1.54, 1.807) is 24.3 Å². The lowest BCUT2D eigenvalue weighted by atomic mass is 9.92. The van der Waals surface area contributed by atoms with Crippen LogP contribution in [0, 0.1) is 5.92 Å².